The number of anilines is 1. The lowest BCUT2D eigenvalue weighted by Crippen LogP contribution is -2.39. The highest BCUT2D eigenvalue weighted by Crippen LogP contribution is 2.22. The second kappa shape index (κ2) is 5.90. The van der Waals surface area contributed by atoms with E-state index < -0.39 is 0 Å². The van der Waals surface area contributed by atoms with Crippen molar-refractivity contribution in [1.82, 2.24) is 10.3 Å². The van der Waals surface area contributed by atoms with Crippen molar-refractivity contribution in [2.75, 3.05) is 5.32 Å². The SMILES string of the molecule is O=C(Nc1cccc2ncccc12)NC1CCCCC1. The Balaban J connectivity index is 1.71. The molecule has 1 saturated carbocycles. The monoisotopic (exact) mass is 269 g/mol. The Labute approximate surface area is 118 Å². The summed E-state index contributed by atoms with van der Waals surface area (Å²) < 4.78 is 0. The second-order valence-corrected chi connectivity index (χ2v) is 5.31. The fourth-order valence-corrected chi connectivity index (χ4v) is 2.80. The van der Waals surface area contributed by atoms with E-state index in [1.165, 1.54) is 19.3 Å². The van der Waals surface area contributed by atoms with E-state index in [0.29, 0.717) is 6.04 Å². The third-order valence-electron chi connectivity index (χ3n) is 3.83. The first-order valence-corrected chi connectivity index (χ1v) is 7.24. The fraction of sp³-hybridized carbons (Fsp3) is 0.375. The van der Waals surface area contributed by atoms with Crippen LogP contribution in [0.1, 0.15) is 32.1 Å². The molecule has 3 rings (SSSR count). The Morgan fingerprint density at radius 2 is 1.95 bits per heavy atom. The van der Waals surface area contributed by atoms with Gasteiger partial charge in [0.05, 0.1) is 11.2 Å². The highest BCUT2D eigenvalue weighted by atomic mass is 16.2. The van der Waals surface area contributed by atoms with E-state index in [1.807, 2.05) is 30.3 Å². The van der Waals surface area contributed by atoms with Crippen LogP contribution in [0.15, 0.2) is 36.5 Å². The molecule has 1 aliphatic carbocycles. The summed E-state index contributed by atoms with van der Waals surface area (Å²) in [7, 11) is 0. The molecule has 2 amide bonds. The zero-order chi connectivity index (χ0) is 13.8. The number of urea groups is 1. The van der Waals surface area contributed by atoms with Gasteiger partial charge in [-0.15, -0.1) is 0 Å². The van der Waals surface area contributed by atoms with Crippen LogP contribution in [0.2, 0.25) is 0 Å². The number of rotatable bonds is 2. The molecule has 1 heterocycles. The van der Waals surface area contributed by atoms with E-state index in [1.54, 1.807) is 6.20 Å². The first kappa shape index (κ1) is 12.9. The van der Waals surface area contributed by atoms with Crippen LogP contribution < -0.4 is 10.6 Å². The van der Waals surface area contributed by atoms with E-state index in [2.05, 4.69) is 15.6 Å². The first-order chi connectivity index (χ1) is 9.83. The van der Waals surface area contributed by atoms with Crippen LogP contribution in [0.5, 0.6) is 0 Å². The molecule has 2 aromatic rings. The molecule has 0 spiro atoms. The number of amides is 2. The van der Waals surface area contributed by atoms with E-state index in [9.17, 15) is 4.79 Å². The van der Waals surface area contributed by atoms with Crippen LogP contribution in [0.25, 0.3) is 10.9 Å². The van der Waals surface area contributed by atoms with Gasteiger partial charge in [0.15, 0.2) is 0 Å². The predicted molar refractivity (Wildman–Crippen MR) is 80.8 cm³/mol. The van der Waals surface area contributed by atoms with Crippen molar-refractivity contribution in [2.24, 2.45) is 0 Å². The normalized spacial score (nSPS) is 16.0. The number of fused-ring (bicyclic) bond motifs is 1. The number of hydrogen-bond donors (Lipinski definition) is 2. The van der Waals surface area contributed by atoms with Crippen LogP contribution in [0, 0.1) is 0 Å². The number of nitrogens with one attached hydrogen (secondary N) is 2. The summed E-state index contributed by atoms with van der Waals surface area (Å²) in [6.45, 7) is 0. The zero-order valence-corrected chi connectivity index (χ0v) is 11.4. The lowest BCUT2D eigenvalue weighted by atomic mass is 9.96. The van der Waals surface area contributed by atoms with Crippen LogP contribution in [-0.4, -0.2) is 17.1 Å². The Morgan fingerprint density at radius 3 is 2.80 bits per heavy atom. The van der Waals surface area contributed by atoms with Gasteiger partial charge >= 0.3 is 6.03 Å². The maximum atomic E-state index is 12.1. The Morgan fingerprint density at radius 1 is 1.10 bits per heavy atom. The van der Waals surface area contributed by atoms with Gasteiger partial charge in [0, 0.05) is 17.6 Å². The average molecular weight is 269 g/mol. The summed E-state index contributed by atoms with van der Waals surface area (Å²) in [6, 6.07) is 9.81. The third-order valence-corrected chi connectivity index (χ3v) is 3.83. The quantitative estimate of drug-likeness (QED) is 0.873. The van der Waals surface area contributed by atoms with Gasteiger partial charge in [0.1, 0.15) is 0 Å². The summed E-state index contributed by atoms with van der Waals surface area (Å²) in [5, 5.41) is 6.97. The van der Waals surface area contributed by atoms with Gasteiger partial charge in [0.2, 0.25) is 0 Å². The van der Waals surface area contributed by atoms with Gasteiger partial charge in [-0.3, -0.25) is 4.98 Å². The number of nitrogens with zero attached hydrogens (tertiary/aromatic N) is 1. The van der Waals surface area contributed by atoms with Crippen molar-refractivity contribution < 1.29 is 4.79 Å². The molecular formula is C16H19N3O. The van der Waals surface area contributed by atoms with Crippen molar-refractivity contribution in [3.8, 4) is 0 Å². The number of pyridine rings is 1. The van der Waals surface area contributed by atoms with Gasteiger partial charge in [-0.2, -0.15) is 0 Å². The summed E-state index contributed by atoms with van der Waals surface area (Å²) in [4.78, 5) is 16.4. The molecule has 4 heteroatoms. The topological polar surface area (TPSA) is 54.0 Å². The maximum Gasteiger partial charge on any atom is 0.319 e. The van der Waals surface area contributed by atoms with Crippen LogP contribution >= 0.6 is 0 Å². The van der Waals surface area contributed by atoms with Crippen molar-refractivity contribution >= 4 is 22.6 Å². The van der Waals surface area contributed by atoms with Crippen molar-refractivity contribution in [1.29, 1.82) is 0 Å². The number of benzene rings is 1. The molecule has 0 atom stereocenters. The predicted octanol–water partition coefficient (Wildman–Crippen LogP) is 3.69. The van der Waals surface area contributed by atoms with Gasteiger partial charge in [-0.25, -0.2) is 4.79 Å². The third kappa shape index (κ3) is 2.90. The number of carbonyl (C=O) groups excluding carboxylic acids is 1. The molecule has 2 N–H and O–H groups in total. The van der Waals surface area contributed by atoms with E-state index in [4.69, 9.17) is 0 Å². The summed E-state index contributed by atoms with van der Waals surface area (Å²) in [5.74, 6) is 0. The zero-order valence-electron chi connectivity index (χ0n) is 11.4. The van der Waals surface area contributed by atoms with Crippen LogP contribution in [0.4, 0.5) is 10.5 Å². The van der Waals surface area contributed by atoms with Crippen LogP contribution in [0.3, 0.4) is 0 Å². The van der Waals surface area contributed by atoms with Gasteiger partial charge in [-0.1, -0.05) is 25.3 Å². The van der Waals surface area contributed by atoms with E-state index in [0.717, 1.165) is 29.4 Å². The number of hydrogen-bond acceptors (Lipinski definition) is 2. The molecule has 1 aromatic heterocycles. The molecule has 4 nitrogen and oxygen atoms in total. The lowest BCUT2D eigenvalue weighted by molar-refractivity contribution is 0.244. The lowest BCUT2D eigenvalue weighted by Gasteiger charge is -2.23. The molecule has 0 radical (unpaired) electrons. The molecule has 0 bridgehead atoms. The Kier molecular flexibility index (Phi) is 3.81. The van der Waals surface area contributed by atoms with Crippen molar-refractivity contribution in [3.63, 3.8) is 0 Å². The minimum Gasteiger partial charge on any atom is -0.335 e. The molecular weight excluding hydrogens is 250 g/mol. The molecule has 20 heavy (non-hydrogen) atoms. The number of aromatic nitrogens is 1. The Hall–Kier alpha value is -2.10. The second-order valence-electron chi connectivity index (χ2n) is 5.31. The molecule has 104 valence electrons. The average Bonchev–Trinajstić information content (AvgIpc) is 2.48. The largest absolute Gasteiger partial charge is 0.335 e. The standard InChI is InChI=1S/C16H19N3O/c20-16(18-12-6-2-1-3-7-12)19-15-10-4-9-14-13(15)8-5-11-17-14/h4-5,8-12H,1-3,6-7H2,(H2,18,19,20). The molecule has 1 aromatic carbocycles. The minimum atomic E-state index is -0.117. The molecule has 0 saturated heterocycles. The molecule has 1 aliphatic rings. The molecule has 1 fully saturated rings. The fourth-order valence-electron chi connectivity index (χ4n) is 2.80. The first-order valence-electron chi connectivity index (χ1n) is 7.24. The maximum absolute atomic E-state index is 12.1. The van der Waals surface area contributed by atoms with Crippen molar-refractivity contribution in [3.05, 3.63) is 36.5 Å². The summed E-state index contributed by atoms with van der Waals surface area (Å²) >= 11 is 0. The summed E-state index contributed by atoms with van der Waals surface area (Å²) in [6.07, 6.45) is 7.64. The van der Waals surface area contributed by atoms with Gasteiger partial charge in [-0.05, 0) is 37.1 Å². The smallest absolute Gasteiger partial charge is 0.319 e. The highest BCUT2D eigenvalue weighted by molar-refractivity contribution is 6.00. The van der Waals surface area contributed by atoms with E-state index in [-0.39, 0.29) is 6.03 Å². The highest BCUT2D eigenvalue weighted by Gasteiger charge is 2.15. The van der Waals surface area contributed by atoms with Gasteiger partial charge in [0.25, 0.3) is 0 Å². The van der Waals surface area contributed by atoms with Crippen molar-refractivity contribution in [2.45, 2.75) is 38.1 Å². The molecule has 0 aliphatic heterocycles. The summed E-state index contributed by atoms with van der Waals surface area (Å²) in [5.41, 5.74) is 1.70. The minimum absolute atomic E-state index is 0.117. The van der Waals surface area contributed by atoms with Gasteiger partial charge < -0.3 is 10.6 Å². The van der Waals surface area contributed by atoms with E-state index >= 15 is 0 Å². The number of carbonyl (C=O) groups is 1. The Bertz CT molecular complexity index is 600. The molecule has 0 unspecified atom stereocenters. The van der Waals surface area contributed by atoms with Crippen LogP contribution in [-0.2, 0) is 0 Å².